The standard InChI is InChI=1S/C14H29NO/c1-5-8-13(4,15)14(16)9-6-12(7-10-14)11(2)3/h11-12,16H,5-10,15H2,1-4H3. The van der Waals surface area contributed by atoms with Gasteiger partial charge in [0.05, 0.1) is 5.60 Å². The van der Waals surface area contributed by atoms with Gasteiger partial charge in [-0.25, -0.2) is 0 Å². The van der Waals surface area contributed by atoms with Crippen LogP contribution in [0.15, 0.2) is 0 Å². The van der Waals surface area contributed by atoms with Crippen molar-refractivity contribution in [1.29, 1.82) is 0 Å². The molecule has 0 heterocycles. The molecule has 3 N–H and O–H groups in total. The Morgan fingerprint density at radius 2 is 1.88 bits per heavy atom. The van der Waals surface area contributed by atoms with E-state index in [0.717, 1.165) is 50.4 Å². The van der Waals surface area contributed by atoms with Gasteiger partial charge in [0.2, 0.25) is 0 Å². The lowest BCUT2D eigenvalue weighted by Crippen LogP contribution is -2.60. The second-order valence-electron chi connectivity index (χ2n) is 6.28. The Bertz CT molecular complexity index is 215. The summed E-state index contributed by atoms with van der Waals surface area (Å²) in [5.41, 5.74) is 5.26. The molecule has 0 saturated heterocycles. The van der Waals surface area contributed by atoms with Crippen molar-refractivity contribution in [2.45, 2.75) is 77.4 Å². The maximum atomic E-state index is 10.7. The molecule has 96 valence electrons. The van der Waals surface area contributed by atoms with Crippen molar-refractivity contribution in [3.05, 3.63) is 0 Å². The molecule has 16 heavy (non-hydrogen) atoms. The summed E-state index contributed by atoms with van der Waals surface area (Å²) in [7, 11) is 0. The average Bonchev–Trinajstić information content (AvgIpc) is 2.18. The third-order valence-electron chi connectivity index (χ3n) is 4.63. The van der Waals surface area contributed by atoms with Crippen LogP contribution in [0.5, 0.6) is 0 Å². The first-order chi connectivity index (χ1) is 7.32. The largest absolute Gasteiger partial charge is 0.388 e. The van der Waals surface area contributed by atoms with Crippen LogP contribution in [0.3, 0.4) is 0 Å². The topological polar surface area (TPSA) is 46.2 Å². The Labute approximate surface area is 101 Å². The maximum absolute atomic E-state index is 10.7. The zero-order chi connectivity index (χ0) is 12.4. The maximum Gasteiger partial charge on any atom is 0.0823 e. The molecular weight excluding hydrogens is 198 g/mol. The Morgan fingerprint density at radius 3 is 2.25 bits per heavy atom. The van der Waals surface area contributed by atoms with Crippen LogP contribution in [0, 0.1) is 11.8 Å². The minimum atomic E-state index is -0.631. The average molecular weight is 227 g/mol. The van der Waals surface area contributed by atoms with E-state index in [4.69, 9.17) is 5.73 Å². The predicted molar refractivity (Wildman–Crippen MR) is 69.2 cm³/mol. The van der Waals surface area contributed by atoms with Crippen molar-refractivity contribution in [1.82, 2.24) is 0 Å². The van der Waals surface area contributed by atoms with Crippen LogP contribution in [-0.2, 0) is 0 Å². The smallest absolute Gasteiger partial charge is 0.0823 e. The van der Waals surface area contributed by atoms with E-state index < -0.39 is 11.1 Å². The Kier molecular flexibility index (Phi) is 4.42. The Hall–Kier alpha value is -0.0800. The highest BCUT2D eigenvalue weighted by molar-refractivity contribution is 5.02. The summed E-state index contributed by atoms with van der Waals surface area (Å²) in [4.78, 5) is 0. The van der Waals surface area contributed by atoms with Crippen molar-refractivity contribution in [3.63, 3.8) is 0 Å². The predicted octanol–water partition coefficient (Wildman–Crippen LogP) is 3.08. The lowest BCUT2D eigenvalue weighted by molar-refractivity contribution is -0.0742. The van der Waals surface area contributed by atoms with Crippen molar-refractivity contribution in [2.75, 3.05) is 0 Å². The van der Waals surface area contributed by atoms with Gasteiger partial charge in [0.15, 0.2) is 0 Å². The third kappa shape index (κ3) is 2.78. The van der Waals surface area contributed by atoms with Crippen molar-refractivity contribution in [3.8, 4) is 0 Å². The van der Waals surface area contributed by atoms with Gasteiger partial charge in [-0.05, 0) is 50.9 Å². The minimum absolute atomic E-state index is 0.413. The van der Waals surface area contributed by atoms with Crippen LogP contribution >= 0.6 is 0 Å². The van der Waals surface area contributed by atoms with Gasteiger partial charge < -0.3 is 10.8 Å². The van der Waals surface area contributed by atoms with Gasteiger partial charge in [-0.2, -0.15) is 0 Å². The quantitative estimate of drug-likeness (QED) is 0.775. The van der Waals surface area contributed by atoms with Gasteiger partial charge in [0.25, 0.3) is 0 Å². The van der Waals surface area contributed by atoms with Crippen molar-refractivity contribution < 1.29 is 5.11 Å². The lowest BCUT2D eigenvalue weighted by Gasteiger charge is -2.47. The number of rotatable bonds is 4. The van der Waals surface area contributed by atoms with Gasteiger partial charge in [0, 0.05) is 5.54 Å². The highest BCUT2D eigenvalue weighted by Gasteiger charge is 2.45. The second kappa shape index (κ2) is 5.05. The van der Waals surface area contributed by atoms with Gasteiger partial charge >= 0.3 is 0 Å². The molecule has 0 bridgehead atoms. The van der Waals surface area contributed by atoms with Crippen molar-refractivity contribution in [2.24, 2.45) is 17.6 Å². The zero-order valence-electron chi connectivity index (χ0n) is 11.4. The molecule has 0 aromatic carbocycles. The second-order valence-corrected chi connectivity index (χ2v) is 6.28. The molecule has 1 saturated carbocycles. The molecule has 2 nitrogen and oxygen atoms in total. The first kappa shape index (κ1) is 14.0. The molecule has 2 heteroatoms. The highest BCUT2D eigenvalue weighted by Crippen LogP contribution is 2.41. The minimum Gasteiger partial charge on any atom is -0.388 e. The van der Waals surface area contributed by atoms with E-state index in [1.807, 2.05) is 6.92 Å². The summed E-state index contributed by atoms with van der Waals surface area (Å²) in [5.74, 6) is 1.51. The van der Waals surface area contributed by atoms with Gasteiger partial charge in [-0.15, -0.1) is 0 Å². The van der Waals surface area contributed by atoms with Crippen molar-refractivity contribution >= 4 is 0 Å². The number of hydrogen-bond donors (Lipinski definition) is 2. The van der Waals surface area contributed by atoms with Gasteiger partial charge in [-0.3, -0.25) is 0 Å². The molecule has 0 aliphatic heterocycles. The van der Waals surface area contributed by atoms with Gasteiger partial charge in [0.1, 0.15) is 0 Å². The fourth-order valence-corrected chi connectivity index (χ4v) is 3.11. The molecule has 1 unspecified atom stereocenters. The normalized spacial score (nSPS) is 35.1. The fourth-order valence-electron chi connectivity index (χ4n) is 3.11. The molecule has 0 spiro atoms. The molecule has 1 atom stereocenters. The van der Waals surface area contributed by atoms with Crippen LogP contribution < -0.4 is 5.73 Å². The molecule has 1 fully saturated rings. The molecule has 1 aliphatic rings. The number of nitrogens with two attached hydrogens (primary N) is 1. The van der Waals surface area contributed by atoms with E-state index in [1.165, 1.54) is 0 Å². The molecule has 0 aromatic rings. The van der Waals surface area contributed by atoms with E-state index in [1.54, 1.807) is 0 Å². The molecule has 0 radical (unpaired) electrons. The SMILES string of the molecule is CCCC(C)(N)C1(O)CCC(C(C)C)CC1. The van der Waals surface area contributed by atoms with E-state index in [9.17, 15) is 5.11 Å². The summed E-state index contributed by atoms with van der Waals surface area (Å²) in [5, 5.41) is 10.7. The van der Waals surface area contributed by atoms with Crippen LogP contribution in [0.2, 0.25) is 0 Å². The molecule has 0 amide bonds. The summed E-state index contributed by atoms with van der Waals surface area (Å²) in [6.45, 7) is 8.71. The van der Waals surface area contributed by atoms with Crippen LogP contribution in [0.4, 0.5) is 0 Å². The first-order valence-corrected chi connectivity index (χ1v) is 6.83. The van der Waals surface area contributed by atoms with E-state index in [-0.39, 0.29) is 0 Å². The molecule has 1 aliphatic carbocycles. The highest BCUT2D eigenvalue weighted by atomic mass is 16.3. The lowest BCUT2D eigenvalue weighted by atomic mass is 9.66. The number of hydrogen-bond acceptors (Lipinski definition) is 2. The zero-order valence-corrected chi connectivity index (χ0v) is 11.4. The first-order valence-electron chi connectivity index (χ1n) is 6.83. The Balaban J connectivity index is 2.62. The number of aliphatic hydroxyl groups is 1. The van der Waals surface area contributed by atoms with Crippen LogP contribution in [0.25, 0.3) is 0 Å². The molecular formula is C14H29NO. The third-order valence-corrected chi connectivity index (χ3v) is 4.63. The molecule has 1 rings (SSSR count). The summed E-state index contributed by atoms with van der Waals surface area (Å²) in [6, 6.07) is 0. The van der Waals surface area contributed by atoms with E-state index in [2.05, 4.69) is 20.8 Å². The van der Waals surface area contributed by atoms with E-state index >= 15 is 0 Å². The molecule has 0 aromatic heterocycles. The summed E-state index contributed by atoms with van der Waals surface area (Å²) < 4.78 is 0. The van der Waals surface area contributed by atoms with Gasteiger partial charge in [-0.1, -0.05) is 27.2 Å². The fraction of sp³-hybridized carbons (Fsp3) is 1.00. The Morgan fingerprint density at radius 1 is 1.38 bits per heavy atom. The van der Waals surface area contributed by atoms with E-state index in [0.29, 0.717) is 0 Å². The van der Waals surface area contributed by atoms with Crippen LogP contribution in [-0.4, -0.2) is 16.2 Å². The van der Waals surface area contributed by atoms with Crippen LogP contribution in [0.1, 0.15) is 66.2 Å². The summed E-state index contributed by atoms with van der Waals surface area (Å²) in [6.07, 6.45) is 5.97. The summed E-state index contributed by atoms with van der Waals surface area (Å²) >= 11 is 0. The monoisotopic (exact) mass is 227 g/mol.